The van der Waals surface area contributed by atoms with Crippen LogP contribution in [0.3, 0.4) is 0 Å². The van der Waals surface area contributed by atoms with Crippen molar-refractivity contribution in [2.75, 3.05) is 18.6 Å². The molecule has 1 aromatic carbocycles. The lowest BCUT2D eigenvalue weighted by molar-refractivity contribution is 0.188. The minimum atomic E-state index is -1.09. The lowest BCUT2D eigenvalue weighted by Crippen LogP contribution is -2.32. The Hall–Kier alpha value is -3.69. The smallest absolute Gasteiger partial charge is 0.404 e. The number of carbonyl (C=O) groups is 1. The van der Waals surface area contributed by atoms with Gasteiger partial charge in [0.05, 0.1) is 18.5 Å². The predicted octanol–water partition coefficient (Wildman–Crippen LogP) is 2.52. The van der Waals surface area contributed by atoms with Gasteiger partial charge in [0.25, 0.3) is 5.56 Å². The van der Waals surface area contributed by atoms with Gasteiger partial charge < -0.3 is 25.0 Å². The topological polar surface area (TPSA) is 120 Å². The molecule has 3 N–H and O–H groups in total. The molecule has 3 aromatic rings. The van der Waals surface area contributed by atoms with E-state index < -0.39 is 11.9 Å². The molecule has 10 heteroatoms. The Labute approximate surface area is 171 Å². The van der Waals surface area contributed by atoms with Crippen LogP contribution in [0.1, 0.15) is 18.9 Å². The molecule has 0 radical (unpaired) electrons. The second kappa shape index (κ2) is 9.21. The third kappa shape index (κ3) is 5.22. The van der Waals surface area contributed by atoms with Crippen LogP contribution in [0.2, 0.25) is 0 Å². The van der Waals surface area contributed by atoms with Crippen LogP contribution in [-0.4, -0.2) is 45.8 Å². The van der Waals surface area contributed by atoms with E-state index in [2.05, 4.69) is 20.3 Å². The summed E-state index contributed by atoms with van der Waals surface area (Å²) in [5, 5.41) is 11.1. The maximum Gasteiger partial charge on any atom is 0.404 e. The molecule has 9 nitrogen and oxygen atoms in total. The minimum Gasteiger partial charge on any atom is -0.493 e. The van der Waals surface area contributed by atoms with E-state index in [-0.39, 0.29) is 30.3 Å². The molecule has 158 valence electrons. The number of pyridine rings is 1. The highest BCUT2D eigenvalue weighted by Gasteiger charge is 2.13. The highest BCUT2D eigenvalue weighted by Crippen LogP contribution is 2.24. The van der Waals surface area contributed by atoms with E-state index >= 15 is 0 Å². The summed E-state index contributed by atoms with van der Waals surface area (Å²) >= 11 is 0. The van der Waals surface area contributed by atoms with Crippen LogP contribution in [0.15, 0.2) is 41.5 Å². The van der Waals surface area contributed by atoms with Gasteiger partial charge in [0.15, 0.2) is 5.52 Å². The number of carboxylic acid groups (broad SMARTS) is 1. The first-order valence-electron chi connectivity index (χ1n) is 9.29. The van der Waals surface area contributed by atoms with Gasteiger partial charge in [0.1, 0.15) is 17.4 Å². The second-order valence-electron chi connectivity index (χ2n) is 6.86. The first-order valence-corrected chi connectivity index (χ1v) is 9.29. The average Bonchev–Trinajstić information content (AvgIpc) is 2.69. The summed E-state index contributed by atoms with van der Waals surface area (Å²) in [5.41, 5.74) is 0.958. The molecular formula is C20H22FN5O4. The monoisotopic (exact) mass is 415 g/mol. The van der Waals surface area contributed by atoms with Crippen molar-refractivity contribution in [2.45, 2.75) is 25.9 Å². The number of nitrogens with zero attached hydrogens (tertiary/aromatic N) is 3. The summed E-state index contributed by atoms with van der Waals surface area (Å²) in [6.07, 6.45) is 0.684. The molecule has 0 saturated carbocycles. The van der Waals surface area contributed by atoms with E-state index in [0.717, 1.165) is 0 Å². The Morgan fingerprint density at radius 1 is 1.37 bits per heavy atom. The Morgan fingerprint density at radius 3 is 2.93 bits per heavy atom. The zero-order chi connectivity index (χ0) is 21.7. The SMILES string of the molecule is CC(CCOc1ccc(F)cc1CN(C)c1ccc2nc[nH]c(=O)c2n1)NC(=O)O. The number of aromatic nitrogens is 3. The summed E-state index contributed by atoms with van der Waals surface area (Å²) in [5.74, 6) is 0.611. The molecule has 2 aromatic heterocycles. The van der Waals surface area contributed by atoms with Crippen LogP contribution < -0.4 is 20.5 Å². The lowest BCUT2D eigenvalue weighted by Gasteiger charge is -2.21. The van der Waals surface area contributed by atoms with Crippen LogP contribution in [0, 0.1) is 5.82 Å². The highest BCUT2D eigenvalue weighted by atomic mass is 19.1. The lowest BCUT2D eigenvalue weighted by atomic mass is 10.1. The van der Waals surface area contributed by atoms with E-state index in [1.54, 1.807) is 31.0 Å². The highest BCUT2D eigenvalue weighted by molar-refractivity contribution is 5.74. The molecule has 0 aliphatic carbocycles. The Kier molecular flexibility index (Phi) is 6.45. The van der Waals surface area contributed by atoms with Crippen LogP contribution in [0.4, 0.5) is 15.0 Å². The third-order valence-corrected chi connectivity index (χ3v) is 4.47. The largest absolute Gasteiger partial charge is 0.493 e. The van der Waals surface area contributed by atoms with Crippen molar-refractivity contribution in [1.82, 2.24) is 20.3 Å². The number of rotatable bonds is 8. The van der Waals surface area contributed by atoms with Gasteiger partial charge in [0.2, 0.25) is 0 Å². The summed E-state index contributed by atoms with van der Waals surface area (Å²) in [6, 6.07) is 7.37. The standard InChI is InChI=1S/C20H22FN5O4/c1-12(24-20(28)29)7-8-30-16-5-3-14(21)9-13(16)10-26(2)17-6-4-15-18(25-17)19(27)23-11-22-15/h3-6,9,11-12,24H,7-8,10H2,1-2H3,(H,28,29)(H,22,23,27). The number of hydrogen-bond acceptors (Lipinski definition) is 6. The molecule has 0 aliphatic rings. The molecule has 2 heterocycles. The quantitative estimate of drug-likeness (QED) is 0.517. The van der Waals surface area contributed by atoms with Crippen molar-refractivity contribution in [2.24, 2.45) is 0 Å². The van der Waals surface area contributed by atoms with Crippen molar-refractivity contribution >= 4 is 22.9 Å². The number of ether oxygens (including phenoxy) is 1. The van der Waals surface area contributed by atoms with Gasteiger partial charge in [-0.05, 0) is 37.3 Å². The molecule has 0 saturated heterocycles. The van der Waals surface area contributed by atoms with Gasteiger partial charge in [-0.2, -0.15) is 0 Å². The number of benzene rings is 1. The third-order valence-electron chi connectivity index (χ3n) is 4.47. The Morgan fingerprint density at radius 2 is 2.17 bits per heavy atom. The van der Waals surface area contributed by atoms with Gasteiger partial charge in [-0.1, -0.05) is 0 Å². The molecule has 1 unspecified atom stereocenters. The molecular weight excluding hydrogens is 393 g/mol. The zero-order valence-corrected chi connectivity index (χ0v) is 16.6. The molecule has 0 aliphatic heterocycles. The number of H-pyrrole nitrogens is 1. The van der Waals surface area contributed by atoms with Crippen molar-refractivity contribution in [3.05, 3.63) is 58.4 Å². The van der Waals surface area contributed by atoms with Crippen molar-refractivity contribution in [1.29, 1.82) is 0 Å². The summed E-state index contributed by atoms with van der Waals surface area (Å²) in [7, 11) is 1.77. The van der Waals surface area contributed by atoms with Crippen LogP contribution in [0.5, 0.6) is 5.75 Å². The number of fused-ring (bicyclic) bond motifs is 1. The number of nitrogens with one attached hydrogen (secondary N) is 2. The molecule has 1 atom stereocenters. The molecule has 3 rings (SSSR count). The average molecular weight is 415 g/mol. The van der Waals surface area contributed by atoms with Crippen LogP contribution >= 0.6 is 0 Å². The second-order valence-corrected chi connectivity index (χ2v) is 6.86. The van der Waals surface area contributed by atoms with Crippen molar-refractivity contribution < 1.29 is 19.0 Å². The summed E-state index contributed by atoms with van der Waals surface area (Å²) < 4.78 is 19.6. The maximum atomic E-state index is 13.8. The number of anilines is 1. The van der Waals surface area contributed by atoms with Gasteiger partial charge >= 0.3 is 6.09 Å². The van der Waals surface area contributed by atoms with E-state index in [4.69, 9.17) is 9.84 Å². The Balaban J connectivity index is 1.74. The maximum absolute atomic E-state index is 13.8. The number of aromatic amines is 1. The fraction of sp³-hybridized carbons (Fsp3) is 0.300. The van der Waals surface area contributed by atoms with Gasteiger partial charge in [0, 0.05) is 31.6 Å². The van der Waals surface area contributed by atoms with E-state index in [1.165, 1.54) is 24.5 Å². The summed E-state index contributed by atoms with van der Waals surface area (Å²) in [4.78, 5) is 35.3. The van der Waals surface area contributed by atoms with Gasteiger partial charge in [-0.3, -0.25) is 4.79 Å². The van der Waals surface area contributed by atoms with Gasteiger partial charge in [-0.15, -0.1) is 0 Å². The van der Waals surface area contributed by atoms with Crippen molar-refractivity contribution in [3.63, 3.8) is 0 Å². The van der Waals surface area contributed by atoms with Crippen LogP contribution in [0.25, 0.3) is 11.0 Å². The fourth-order valence-corrected chi connectivity index (χ4v) is 2.93. The number of hydrogen-bond donors (Lipinski definition) is 3. The molecule has 0 spiro atoms. The first kappa shape index (κ1) is 21.0. The zero-order valence-electron chi connectivity index (χ0n) is 16.6. The van der Waals surface area contributed by atoms with Gasteiger partial charge in [-0.25, -0.2) is 19.2 Å². The van der Waals surface area contributed by atoms with E-state index in [9.17, 15) is 14.0 Å². The molecule has 1 amide bonds. The first-order chi connectivity index (χ1) is 14.3. The van der Waals surface area contributed by atoms with E-state index in [0.29, 0.717) is 29.1 Å². The minimum absolute atomic E-state index is 0.220. The van der Waals surface area contributed by atoms with Crippen LogP contribution in [-0.2, 0) is 6.54 Å². The number of amides is 1. The molecule has 0 bridgehead atoms. The normalized spacial score (nSPS) is 11.8. The summed E-state index contributed by atoms with van der Waals surface area (Å²) in [6.45, 7) is 2.28. The molecule has 30 heavy (non-hydrogen) atoms. The fourth-order valence-electron chi connectivity index (χ4n) is 2.93. The molecule has 0 fully saturated rings. The van der Waals surface area contributed by atoms with Crippen molar-refractivity contribution in [3.8, 4) is 5.75 Å². The predicted molar refractivity (Wildman–Crippen MR) is 109 cm³/mol. The number of halogens is 1. The van der Waals surface area contributed by atoms with E-state index in [1.807, 2.05) is 0 Å². The Bertz CT molecular complexity index is 1100.